The van der Waals surface area contributed by atoms with E-state index in [2.05, 4.69) is 4.72 Å². The Bertz CT molecular complexity index is 699. The van der Waals surface area contributed by atoms with Gasteiger partial charge in [-0.25, -0.2) is 13.1 Å². The van der Waals surface area contributed by atoms with Crippen molar-refractivity contribution in [1.29, 1.82) is 0 Å². The van der Waals surface area contributed by atoms with E-state index in [0.717, 1.165) is 16.7 Å². The number of aliphatic hydroxyl groups excluding tert-OH is 1. The Hall–Kier alpha value is -1.69. The van der Waals surface area contributed by atoms with E-state index < -0.39 is 16.1 Å². The maximum absolute atomic E-state index is 12.3. The highest BCUT2D eigenvalue weighted by atomic mass is 32.2. The van der Waals surface area contributed by atoms with Gasteiger partial charge in [-0.05, 0) is 30.0 Å². The van der Waals surface area contributed by atoms with Crippen LogP contribution in [0.4, 0.5) is 0 Å². The third-order valence-corrected chi connectivity index (χ3v) is 4.88. The van der Waals surface area contributed by atoms with Crippen molar-refractivity contribution in [2.75, 3.05) is 6.61 Å². The summed E-state index contributed by atoms with van der Waals surface area (Å²) in [5, 5.41) is 9.44. The summed E-state index contributed by atoms with van der Waals surface area (Å²) in [6, 6.07) is 16.4. The molecule has 0 heterocycles. The molecule has 0 aliphatic rings. The van der Waals surface area contributed by atoms with Gasteiger partial charge in [0.1, 0.15) is 0 Å². The molecule has 22 heavy (non-hydrogen) atoms. The first-order chi connectivity index (χ1) is 10.5. The van der Waals surface area contributed by atoms with Crippen molar-refractivity contribution in [3.05, 3.63) is 71.3 Å². The Morgan fingerprint density at radius 3 is 2.32 bits per heavy atom. The Balaban J connectivity index is 2.04. The fraction of sp³-hybridized carbons (Fsp3) is 0.294. The van der Waals surface area contributed by atoms with E-state index in [1.807, 2.05) is 55.5 Å². The van der Waals surface area contributed by atoms with Gasteiger partial charge >= 0.3 is 0 Å². The molecule has 0 radical (unpaired) electrons. The molecule has 0 aliphatic carbocycles. The van der Waals surface area contributed by atoms with Crippen molar-refractivity contribution < 1.29 is 13.5 Å². The molecular formula is C17H21NO3S. The predicted molar refractivity (Wildman–Crippen MR) is 88.0 cm³/mol. The van der Waals surface area contributed by atoms with Gasteiger partial charge in [-0.15, -0.1) is 0 Å². The van der Waals surface area contributed by atoms with Crippen LogP contribution in [-0.2, 0) is 22.2 Å². The maximum Gasteiger partial charge on any atom is 0.216 e. The summed E-state index contributed by atoms with van der Waals surface area (Å²) < 4.78 is 27.2. The summed E-state index contributed by atoms with van der Waals surface area (Å²) in [6.07, 6.45) is 0.463. The van der Waals surface area contributed by atoms with E-state index in [-0.39, 0.29) is 12.4 Å². The van der Waals surface area contributed by atoms with Crippen molar-refractivity contribution >= 4 is 10.0 Å². The number of aryl methyl sites for hydroxylation is 1. The fourth-order valence-corrected chi connectivity index (χ4v) is 3.80. The average molecular weight is 319 g/mol. The lowest BCUT2D eigenvalue weighted by Gasteiger charge is -2.17. The van der Waals surface area contributed by atoms with Crippen LogP contribution in [0.2, 0.25) is 0 Å². The van der Waals surface area contributed by atoms with Crippen LogP contribution in [0.15, 0.2) is 54.6 Å². The molecule has 0 aromatic heterocycles. The average Bonchev–Trinajstić information content (AvgIpc) is 2.49. The highest BCUT2D eigenvalue weighted by molar-refractivity contribution is 7.88. The topological polar surface area (TPSA) is 66.4 Å². The summed E-state index contributed by atoms with van der Waals surface area (Å²) in [5.74, 6) is -0.0784. The van der Waals surface area contributed by atoms with Gasteiger partial charge in [0, 0.05) is 6.04 Å². The number of benzene rings is 2. The summed E-state index contributed by atoms with van der Waals surface area (Å²) in [4.78, 5) is 0. The number of nitrogens with one attached hydrogen (secondary N) is 1. The molecule has 118 valence electrons. The zero-order valence-electron chi connectivity index (χ0n) is 12.6. The lowest BCUT2D eigenvalue weighted by atomic mass is 10.1. The van der Waals surface area contributed by atoms with Gasteiger partial charge in [-0.1, -0.05) is 54.6 Å². The third kappa shape index (κ3) is 4.94. The van der Waals surface area contributed by atoms with Crippen molar-refractivity contribution in [2.45, 2.75) is 25.1 Å². The number of aliphatic hydroxyl groups is 1. The molecule has 0 bridgehead atoms. The van der Waals surface area contributed by atoms with Crippen molar-refractivity contribution in [3.8, 4) is 0 Å². The molecular weight excluding hydrogens is 298 g/mol. The van der Waals surface area contributed by atoms with Crippen molar-refractivity contribution in [3.63, 3.8) is 0 Å². The molecule has 2 aromatic carbocycles. The molecule has 0 saturated heterocycles. The van der Waals surface area contributed by atoms with Gasteiger partial charge in [0.2, 0.25) is 10.0 Å². The molecule has 1 atom stereocenters. The molecule has 0 spiro atoms. The highest BCUT2D eigenvalue weighted by Gasteiger charge is 2.19. The van der Waals surface area contributed by atoms with Crippen LogP contribution in [0.1, 0.15) is 16.7 Å². The van der Waals surface area contributed by atoms with E-state index in [1.165, 1.54) is 0 Å². The van der Waals surface area contributed by atoms with Gasteiger partial charge in [0.25, 0.3) is 0 Å². The van der Waals surface area contributed by atoms with E-state index in [0.29, 0.717) is 6.42 Å². The first-order valence-corrected chi connectivity index (χ1v) is 8.84. The Morgan fingerprint density at radius 1 is 1.05 bits per heavy atom. The minimum Gasteiger partial charge on any atom is -0.395 e. The van der Waals surface area contributed by atoms with Crippen molar-refractivity contribution in [1.82, 2.24) is 4.72 Å². The fourth-order valence-electron chi connectivity index (χ4n) is 2.31. The molecule has 0 unspecified atom stereocenters. The Morgan fingerprint density at radius 2 is 1.68 bits per heavy atom. The van der Waals surface area contributed by atoms with E-state index in [1.54, 1.807) is 6.07 Å². The number of sulfonamides is 1. The standard InChI is InChI=1S/C17H21NO3S/c1-14-7-5-6-10-16(14)13-22(20,21)18-17(12-19)11-15-8-3-2-4-9-15/h2-10,17-19H,11-13H2,1H3/t17-/m0/s1. The molecule has 0 fully saturated rings. The SMILES string of the molecule is Cc1ccccc1CS(=O)(=O)N[C@H](CO)Cc1ccccc1. The van der Waals surface area contributed by atoms with Gasteiger partial charge in [-0.3, -0.25) is 0 Å². The summed E-state index contributed by atoms with van der Waals surface area (Å²) in [5.41, 5.74) is 2.70. The summed E-state index contributed by atoms with van der Waals surface area (Å²) >= 11 is 0. The second kappa shape index (κ2) is 7.54. The third-order valence-electron chi connectivity index (χ3n) is 3.50. The smallest absolute Gasteiger partial charge is 0.216 e. The molecule has 2 aromatic rings. The first-order valence-electron chi connectivity index (χ1n) is 7.19. The Labute approximate surface area is 131 Å². The van der Waals surface area contributed by atoms with Gasteiger partial charge in [0.05, 0.1) is 12.4 Å². The van der Waals surface area contributed by atoms with Crippen LogP contribution in [-0.4, -0.2) is 26.2 Å². The molecule has 0 amide bonds. The van der Waals surface area contributed by atoms with Crippen LogP contribution in [0.3, 0.4) is 0 Å². The van der Waals surface area contributed by atoms with E-state index in [4.69, 9.17) is 0 Å². The van der Waals surface area contributed by atoms with Crippen molar-refractivity contribution in [2.24, 2.45) is 0 Å². The van der Waals surface area contributed by atoms with Gasteiger partial charge < -0.3 is 5.11 Å². The minimum absolute atomic E-state index is 0.0784. The molecule has 0 saturated carbocycles. The number of hydrogen-bond donors (Lipinski definition) is 2. The number of rotatable bonds is 7. The highest BCUT2D eigenvalue weighted by Crippen LogP contribution is 2.12. The lowest BCUT2D eigenvalue weighted by Crippen LogP contribution is -2.39. The second-order valence-electron chi connectivity index (χ2n) is 5.37. The van der Waals surface area contributed by atoms with Crippen LogP contribution < -0.4 is 4.72 Å². The number of hydrogen-bond acceptors (Lipinski definition) is 3. The zero-order chi connectivity index (χ0) is 16.0. The first kappa shape index (κ1) is 16.7. The summed E-state index contributed by atoms with van der Waals surface area (Å²) in [6.45, 7) is 1.65. The minimum atomic E-state index is -3.50. The Kier molecular flexibility index (Phi) is 5.71. The van der Waals surface area contributed by atoms with Crippen LogP contribution in [0.25, 0.3) is 0 Å². The monoisotopic (exact) mass is 319 g/mol. The quantitative estimate of drug-likeness (QED) is 0.820. The molecule has 2 N–H and O–H groups in total. The van der Waals surface area contributed by atoms with Gasteiger partial charge in [0.15, 0.2) is 0 Å². The van der Waals surface area contributed by atoms with Crippen LogP contribution in [0.5, 0.6) is 0 Å². The van der Waals surface area contributed by atoms with Crippen LogP contribution in [0, 0.1) is 6.92 Å². The van der Waals surface area contributed by atoms with E-state index in [9.17, 15) is 13.5 Å². The lowest BCUT2D eigenvalue weighted by molar-refractivity contribution is 0.256. The summed E-state index contributed by atoms with van der Waals surface area (Å²) in [7, 11) is -3.50. The van der Waals surface area contributed by atoms with E-state index >= 15 is 0 Å². The normalized spacial score (nSPS) is 13.0. The molecule has 5 heteroatoms. The molecule has 2 rings (SSSR count). The van der Waals surface area contributed by atoms with Gasteiger partial charge in [-0.2, -0.15) is 0 Å². The molecule has 4 nitrogen and oxygen atoms in total. The maximum atomic E-state index is 12.3. The second-order valence-corrected chi connectivity index (χ2v) is 7.13. The van der Waals surface area contributed by atoms with Crippen LogP contribution >= 0.6 is 0 Å². The molecule has 0 aliphatic heterocycles. The largest absolute Gasteiger partial charge is 0.395 e. The zero-order valence-corrected chi connectivity index (χ0v) is 13.4. The predicted octanol–water partition coefficient (Wildman–Crippen LogP) is 2.02.